The molecular weight excluding hydrogens is 689 g/mol. The van der Waals surface area contributed by atoms with E-state index in [0.717, 1.165) is 22.4 Å². The molecule has 0 radical (unpaired) electrons. The fourth-order valence-corrected chi connectivity index (χ4v) is 8.15. The second-order valence-electron chi connectivity index (χ2n) is 11.3. The number of carbonyl (C=O) groups excluding carboxylic acids is 2. The molecule has 3 heterocycles. The molecule has 7 rings (SSSR count). The normalized spacial score (nSPS) is 18.2. The Hall–Kier alpha value is -4.35. The number of halogens is 2. The Morgan fingerprint density at radius 1 is 1.02 bits per heavy atom. The van der Waals surface area contributed by atoms with E-state index in [9.17, 15) is 14.7 Å². The molecule has 1 amide bonds. The average molecular weight is 717 g/mol. The lowest BCUT2D eigenvalue weighted by atomic mass is 9.94. The van der Waals surface area contributed by atoms with Crippen LogP contribution in [0.2, 0.25) is 10.0 Å². The third-order valence-electron chi connectivity index (χ3n) is 8.00. The summed E-state index contributed by atoms with van der Waals surface area (Å²) in [5.74, 6) is -0.152. The fourth-order valence-electron chi connectivity index (χ4n) is 5.72. The van der Waals surface area contributed by atoms with E-state index in [1.54, 1.807) is 48.5 Å². The Bertz CT molecular complexity index is 2070. The maximum atomic E-state index is 13.8. The van der Waals surface area contributed by atoms with Gasteiger partial charge in [-0.2, -0.15) is 0 Å². The maximum absolute atomic E-state index is 13.8. The molecule has 2 aliphatic heterocycles. The molecule has 48 heavy (non-hydrogen) atoms. The fraction of sp³-hybridized carbons (Fsp3) is 0.167. The number of Topliss-reactive ketones (excluding diaryl/α,β-unsaturated/α-hetero) is 1. The minimum absolute atomic E-state index is 0.00166. The summed E-state index contributed by atoms with van der Waals surface area (Å²) in [5, 5.41) is 21.7. The van der Waals surface area contributed by atoms with Gasteiger partial charge in [0, 0.05) is 27.8 Å². The molecule has 4 aromatic carbocycles. The number of amides is 1. The van der Waals surface area contributed by atoms with Crippen molar-refractivity contribution in [2.75, 3.05) is 4.90 Å². The van der Waals surface area contributed by atoms with E-state index >= 15 is 0 Å². The van der Waals surface area contributed by atoms with Crippen LogP contribution in [0.3, 0.4) is 0 Å². The lowest BCUT2D eigenvalue weighted by Gasteiger charge is -2.23. The summed E-state index contributed by atoms with van der Waals surface area (Å²) in [4.78, 5) is 28.9. The highest BCUT2D eigenvalue weighted by atomic mass is 35.5. The van der Waals surface area contributed by atoms with Crippen LogP contribution in [0, 0.1) is 0 Å². The van der Waals surface area contributed by atoms with Gasteiger partial charge >= 0.3 is 5.91 Å². The lowest BCUT2D eigenvalue weighted by molar-refractivity contribution is -0.132. The summed E-state index contributed by atoms with van der Waals surface area (Å²) in [6, 6.07) is 26.5. The molecule has 5 aromatic rings. The van der Waals surface area contributed by atoms with Crippen molar-refractivity contribution >= 4 is 68.9 Å². The van der Waals surface area contributed by atoms with Crippen molar-refractivity contribution in [3.05, 3.63) is 134 Å². The first-order valence-electron chi connectivity index (χ1n) is 15.0. The highest BCUT2D eigenvalue weighted by Gasteiger charge is 2.48. The molecule has 2 aliphatic rings. The van der Waals surface area contributed by atoms with E-state index in [4.69, 9.17) is 32.7 Å². The van der Waals surface area contributed by atoms with Crippen molar-refractivity contribution in [1.29, 1.82) is 0 Å². The SMILES string of the molecule is C[C@@H]1Cc2cc(/C(O)=C3\C(=O)C(=O)N(c4nnc(SCc5ccc(Cl)cc5Cl)s4)[C@H]3c3cccc(OCc4ccccc4)c3)ccc2O1. The smallest absolute Gasteiger partial charge is 0.301 e. The maximum Gasteiger partial charge on any atom is 0.301 e. The summed E-state index contributed by atoms with van der Waals surface area (Å²) in [5.41, 5.74) is 3.70. The summed E-state index contributed by atoms with van der Waals surface area (Å²) in [6.07, 6.45) is 0.670. The molecule has 242 valence electrons. The molecule has 0 spiro atoms. The molecular formula is C36H27Cl2N3O5S2. The number of hydrogen-bond donors (Lipinski definition) is 1. The Morgan fingerprint density at radius 2 is 1.85 bits per heavy atom. The van der Waals surface area contributed by atoms with Crippen molar-refractivity contribution in [2.24, 2.45) is 0 Å². The molecule has 1 aromatic heterocycles. The van der Waals surface area contributed by atoms with Crippen LogP contribution in [0.4, 0.5) is 5.13 Å². The van der Waals surface area contributed by atoms with Gasteiger partial charge in [0.25, 0.3) is 5.78 Å². The van der Waals surface area contributed by atoms with Crippen molar-refractivity contribution in [3.8, 4) is 11.5 Å². The van der Waals surface area contributed by atoms with E-state index in [0.29, 0.717) is 50.0 Å². The molecule has 1 saturated heterocycles. The number of nitrogens with zero attached hydrogens (tertiary/aromatic N) is 3. The van der Waals surface area contributed by atoms with Gasteiger partial charge in [0.1, 0.15) is 30.0 Å². The van der Waals surface area contributed by atoms with Gasteiger partial charge in [-0.15, -0.1) is 10.2 Å². The number of anilines is 1. The van der Waals surface area contributed by atoms with Gasteiger partial charge in [0.15, 0.2) is 4.34 Å². The molecule has 0 saturated carbocycles. The van der Waals surface area contributed by atoms with E-state index in [1.807, 2.05) is 49.4 Å². The number of hydrogen-bond acceptors (Lipinski definition) is 9. The van der Waals surface area contributed by atoms with Gasteiger partial charge in [-0.1, -0.05) is 94.8 Å². The quantitative estimate of drug-likeness (QED) is 0.0532. The first-order chi connectivity index (χ1) is 23.2. The Balaban J connectivity index is 1.25. The number of aromatic nitrogens is 2. The minimum atomic E-state index is -0.995. The molecule has 12 heteroatoms. The van der Waals surface area contributed by atoms with Gasteiger partial charge in [0.05, 0.1) is 11.6 Å². The van der Waals surface area contributed by atoms with E-state index in [1.165, 1.54) is 28.0 Å². The third-order valence-corrected chi connectivity index (χ3v) is 10.7. The van der Waals surface area contributed by atoms with E-state index in [-0.39, 0.29) is 22.6 Å². The van der Waals surface area contributed by atoms with Crippen molar-refractivity contribution < 1.29 is 24.2 Å². The molecule has 0 bridgehead atoms. The Labute approximate surface area is 294 Å². The second kappa shape index (κ2) is 13.6. The molecule has 1 fully saturated rings. The summed E-state index contributed by atoms with van der Waals surface area (Å²) < 4.78 is 12.5. The van der Waals surface area contributed by atoms with Gasteiger partial charge in [-0.25, -0.2) is 0 Å². The van der Waals surface area contributed by atoms with Crippen LogP contribution in [0.15, 0.2) is 101 Å². The molecule has 0 aliphatic carbocycles. The van der Waals surface area contributed by atoms with Crippen LogP contribution in [-0.2, 0) is 28.4 Å². The summed E-state index contributed by atoms with van der Waals surface area (Å²) in [6.45, 7) is 2.30. The zero-order valence-corrected chi connectivity index (χ0v) is 28.6. The first-order valence-corrected chi connectivity index (χ1v) is 17.6. The number of aliphatic hydroxyl groups excluding tert-OH is 1. The lowest BCUT2D eigenvalue weighted by Crippen LogP contribution is -2.29. The number of thioether (sulfide) groups is 1. The van der Waals surface area contributed by atoms with Crippen molar-refractivity contribution in [3.63, 3.8) is 0 Å². The topological polar surface area (TPSA) is 102 Å². The molecule has 0 unspecified atom stereocenters. The number of benzene rings is 4. The van der Waals surface area contributed by atoms with E-state index in [2.05, 4.69) is 10.2 Å². The average Bonchev–Trinajstić information content (AvgIpc) is 3.78. The Kier molecular flexibility index (Phi) is 9.15. The zero-order valence-electron chi connectivity index (χ0n) is 25.4. The summed E-state index contributed by atoms with van der Waals surface area (Å²) >= 11 is 15.0. The van der Waals surface area contributed by atoms with Gasteiger partial charge in [-0.05, 0) is 71.6 Å². The predicted octanol–water partition coefficient (Wildman–Crippen LogP) is 8.67. The highest BCUT2D eigenvalue weighted by Crippen LogP contribution is 2.45. The zero-order chi connectivity index (χ0) is 33.4. The van der Waals surface area contributed by atoms with Gasteiger partial charge in [0.2, 0.25) is 5.13 Å². The van der Waals surface area contributed by atoms with Crippen molar-refractivity contribution in [1.82, 2.24) is 10.2 Å². The van der Waals surface area contributed by atoms with Crippen LogP contribution in [-0.4, -0.2) is 33.1 Å². The van der Waals surface area contributed by atoms with Crippen LogP contribution < -0.4 is 14.4 Å². The number of ketones is 1. The first kappa shape index (κ1) is 32.2. The van der Waals surface area contributed by atoms with Gasteiger partial charge < -0.3 is 14.6 Å². The van der Waals surface area contributed by atoms with Crippen LogP contribution in [0.1, 0.15) is 40.8 Å². The highest BCUT2D eigenvalue weighted by molar-refractivity contribution is 8.00. The largest absolute Gasteiger partial charge is 0.507 e. The minimum Gasteiger partial charge on any atom is -0.507 e. The standard InChI is InChI=1S/C36H27Cl2N3O5S2/c1-20-14-25-15-23(11-13-29(25)46-20)32(42)30-31(22-8-5-9-27(16-22)45-18-21-6-3-2-4-7-21)41(34(44)33(30)43)35-39-40-36(48-35)47-19-24-10-12-26(37)17-28(24)38/h2-13,15-17,20,31,42H,14,18-19H2,1H3/b32-30+/t20-,31+/m1/s1. The van der Waals surface area contributed by atoms with Crippen LogP contribution in [0.5, 0.6) is 11.5 Å². The second-order valence-corrected chi connectivity index (χ2v) is 14.4. The van der Waals surface area contributed by atoms with Gasteiger partial charge in [-0.3, -0.25) is 14.5 Å². The van der Waals surface area contributed by atoms with Crippen molar-refractivity contribution in [2.45, 2.75) is 42.2 Å². The number of rotatable bonds is 9. The summed E-state index contributed by atoms with van der Waals surface area (Å²) in [7, 11) is 0. The molecule has 2 atom stereocenters. The monoisotopic (exact) mass is 715 g/mol. The number of ether oxygens (including phenoxy) is 2. The molecule has 8 nitrogen and oxygen atoms in total. The van der Waals surface area contributed by atoms with Crippen LogP contribution >= 0.6 is 46.3 Å². The van der Waals surface area contributed by atoms with E-state index < -0.39 is 17.7 Å². The Morgan fingerprint density at radius 3 is 2.67 bits per heavy atom. The molecule has 1 N–H and O–H groups in total. The number of fused-ring (bicyclic) bond motifs is 1. The number of aliphatic hydroxyl groups is 1. The number of carbonyl (C=O) groups is 2. The predicted molar refractivity (Wildman–Crippen MR) is 188 cm³/mol. The third kappa shape index (κ3) is 6.53. The van der Waals surface area contributed by atoms with Crippen LogP contribution in [0.25, 0.3) is 5.76 Å².